The first kappa shape index (κ1) is 36.5. The van der Waals surface area contributed by atoms with Crippen LogP contribution >= 0.6 is 11.3 Å². The standard InChI is InChI=1S/C60H40S/c1-5-15-41(16-6-1)51-33-52(42-17-7-2-8-18-42)36-55(35-51)47-25-13-23-45(31-47)49-27-29-59-57(39-49)58-40-50(28-30-60(58)61-59)46-24-14-26-48(32-46)56-37-53(43-19-9-3-10-20-43)34-54(38-56)44-21-11-4-12-22-44/h1-40H. The van der Waals surface area contributed by atoms with Crippen molar-refractivity contribution in [3.63, 3.8) is 0 Å². The van der Waals surface area contributed by atoms with Crippen LogP contribution in [0.2, 0.25) is 0 Å². The average Bonchev–Trinajstić information content (AvgIpc) is 3.72. The number of rotatable bonds is 8. The number of thiophene rings is 1. The Morgan fingerprint density at radius 3 is 0.705 bits per heavy atom. The van der Waals surface area contributed by atoms with Gasteiger partial charge in [-0.15, -0.1) is 11.3 Å². The highest BCUT2D eigenvalue weighted by Gasteiger charge is 2.13. The van der Waals surface area contributed by atoms with Gasteiger partial charge in [0.05, 0.1) is 0 Å². The second kappa shape index (κ2) is 15.9. The van der Waals surface area contributed by atoms with E-state index in [2.05, 4.69) is 243 Å². The van der Waals surface area contributed by atoms with Gasteiger partial charge in [-0.1, -0.05) is 170 Å². The zero-order valence-corrected chi connectivity index (χ0v) is 34.3. The van der Waals surface area contributed by atoms with Crippen molar-refractivity contribution in [3.05, 3.63) is 243 Å². The minimum Gasteiger partial charge on any atom is -0.135 e. The van der Waals surface area contributed by atoms with Crippen LogP contribution in [0.4, 0.5) is 0 Å². The van der Waals surface area contributed by atoms with Gasteiger partial charge in [-0.25, -0.2) is 0 Å². The van der Waals surface area contributed by atoms with E-state index in [1.54, 1.807) is 0 Å². The molecular weight excluding hydrogens is 753 g/mol. The van der Waals surface area contributed by atoms with Crippen LogP contribution in [0, 0.1) is 0 Å². The first-order valence-corrected chi connectivity index (χ1v) is 21.7. The van der Waals surface area contributed by atoms with Crippen LogP contribution in [-0.4, -0.2) is 0 Å². The quantitative estimate of drug-likeness (QED) is 0.144. The van der Waals surface area contributed by atoms with Crippen molar-refractivity contribution in [1.82, 2.24) is 0 Å². The molecule has 0 radical (unpaired) electrons. The molecule has 0 spiro atoms. The fourth-order valence-corrected chi connectivity index (χ4v) is 9.74. The highest BCUT2D eigenvalue weighted by Crippen LogP contribution is 2.41. The lowest BCUT2D eigenvalue weighted by Gasteiger charge is -2.13. The molecule has 0 atom stereocenters. The minimum atomic E-state index is 1.20. The van der Waals surface area contributed by atoms with E-state index in [1.807, 2.05) is 11.3 Å². The molecular formula is C60H40S. The Labute approximate surface area is 361 Å². The Bertz CT molecular complexity index is 2990. The fraction of sp³-hybridized carbons (Fsp3) is 0. The lowest BCUT2D eigenvalue weighted by Crippen LogP contribution is -1.87. The number of hydrogen-bond acceptors (Lipinski definition) is 1. The molecule has 0 amide bonds. The number of hydrogen-bond donors (Lipinski definition) is 0. The molecule has 1 aromatic heterocycles. The van der Waals surface area contributed by atoms with Crippen molar-refractivity contribution in [2.45, 2.75) is 0 Å². The van der Waals surface area contributed by atoms with Gasteiger partial charge in [0.1, 0.15) is 0 Å². The summed E-state index contributed by atoms with van der Waals surface area (Å²) in [5.74, 6) is 0. The first-order valence-electron chi connectivity index (χ1n) is 20.9. The molecule has 0 aliphatic rings. The number of benzene rings is 10. The van der Waals surface area contributed by atoms with Gasteiger partial charge in [0, 0.05) is 20.2 Å². The van der Waals surface area contributed by atoms with Crippen molar-refractivity contribution in [1.29, 1.82) is 0 Å². The molecule has 286 valence electrons. The van der Waals surface area contributed by atoms with Crippen LogP contribution < -0.4 is 0 Å². The average molecular weight is 793 g/mol. The lowest BCUT2D eigenvalue weighted by atomic mass is 9.91. The summed E-state index contributed by atoms with van der Waals surface area (Å²) in [6, 6.07) is 88.7. The molecule has 11 rings (SSSR count). The van der Waals surface area contributed by atoms with Gasteiger partial charge in [0.25, 0.3) is 0 Å². The smallest absolute Gasteiger partial charge is 0.0355 e. The molecule has 11 aromatic rings. The van der Waals surface area contributed by atoms with Crippen molar-refractivity contribution in [2.75, 3.05) is 0 Å². The van der Waals surface area contributed by atoms with Crippen molar-refractivity contribution < 1.29 is 0 Å². The molecule has 0 aliphatic heterocycles. The maximum atomic E-state index is 2.39. The third kappa shape index (κ3) is 7.38. The Morgan fingerprint density at radius 2 is 0.393 bits per heavy atom. The van der Waals surface area contributed by atoms with Crippen molar-refractivity contribution in [3.8, 4) is 89.0 Å². The largest absolute Gasteiger partial charge is 0.135 e. The molecule has 0 N–H and O–H groups in total. The van der Waals surface area contributed by atoms with Crippen molar-refractivity contribution in [2.24, 2.45) is 0 Å². The highest BCUT2D eigenvalue weighted by molar-refractivity contribution is 7.25. The summed E-state index contributed by atoms with van der Waals surface area (Å²) in [4.78, 5) is 0. The lowest BCUT2D eigenvalue weighted by molar-refractivity contribution is 1.56. The fourth-order valence-electron chi connectivity index (χ4n) is 8.67. The maximum Gasteiger partial charge on any atom is 0.0355 e. The van der Waals surface area contributed by atoms with E-state index in [0.717, 1.165) is 0 Å². The van der Waals surface area contributed by atoms with Gasteiger partial charge in [-0.05, 0) is 162 Å². The summed E-state index contributed by atoms with van der Waals surface area (Å²) in [6.45, 7) is 0. The zero-order chi connectivity index (χ0) is 40.5. The van der Waals surface area contributed by atoms with E-state index in [1.165, 1.54) is 109 Å². The molecule has 10 aromatic carbocycles. The third-order valence-corrected chi connectivity index (χ3v) is 13.0. The normalized spacial score (nSPS) is 11.3. The molecule has 1 heterocycles. The van der Waals surface area contributed by atoms with Crippen LogP contribution in [0.25, 0.3) is 109 Å². The molecule has 61 heavy (non-hydrogen) atoms. The monoisotopic (exact) mass is 792 g/mol. The SMILES string of the molecule is c1ccc(-c2cc(-c3ccccc3)cc(-c3cccc(-c4ccc5sc6ccc(-c7cccc(-c8cc(-c9ccccc9)cc(-c9ccccc9)c8)c7)cc6c5c4)c3)c2)cc1. The van der Waals surface area contributed by atoms with E-state index in [0.29, 0.717) is 0 Å². The summed E-state index contributed by atoms with van der Waals surface area (Å²) < 4.78 is 2.60. The maximum absolute atomic E-state index is 2.39. The van der Waals surface area contributed by atoms with Crippen LogP contribution in [0.1, 0.15) is 0 Å². The van der Waals surface area contributed by atoms with Crippen LogP contribution in [0.15, 0.2) is 243 Å². The minimum absolute atomic E-state index is 1.20. The topological polar surface area (TPSA) is 0 Å². The molecule has 0 aliphatic carbocycles. The Morgan fingerprint density at radius 1 is 0.164 bits per heavy atom. The Kier molecular flexibility index (Phi) is 9.50. The van der Waals surface area contributed by atoms with Gasteiger partial charge < -0.3 is 0 Å². The summed E-state index contributed by atoms with van der Waals surface area (Å²) >= 11 is 1.87. The van der Waals surface area contributed by atoms with Gasteiger partial charge in [-0.3, -0.25) is 0 Å². The van der Waals surface area contributed by atoms with Gasteiger partial charge in [0.2, 0.25) is 0 Å². The molecule has 1 heteroatoms. The molecule has 0 fully saturated rings. The van der Waals surface area contributed by atoms with E-state index < -0.39 is 0 Å². The highest BCUT2D eigenvalue weighted by atomic mass is 32.1. The molecule has 0 saturated heterocycles. The van der Waals surface area contributed by atoms with Gasteiger partial charge in [0.15, 0.2) is 0 Å². The molecule has 0 nitrogen and oxygen atoms in total. The zero-order valence-electron chi connectivity index (χ0n) is 33.5. The summed E-state index contributed by atoms with van der Waals surface area (Å²) in [6.07, 6.45) is 0. The van der Waals surface area contributed by atoms with Gasteiger partial charge >= 0.3 is 0 Å². The van der Waals surface area contributed by atoms with E-state index >= 15 is 0 Å². The van der Waals surface area contributed by atoms with E-state index in [9.17, 15) is 0 Å². The summed E-state index contributed by atoms with van der Waals surface area (Å²) in [5.41, 5.74) is 19.4. The first-order chi connectivity index (χ1) is 30.2. The van der Waals surface area contributed by atoms with Crippen LogP contribution in [0.3, 0.4) is 0 Å². The molecule has 0 unspecified atom stereocenters. The third-order valence-electron chi connectivity index (χ3n) is 11.8. The number of fused-ring (bicyclic) bond motifs is 3. The van der Waals surface area contributed by atoms with E-state index in [4.69, 9.17) is 0 Å². The van der Waals surface area contributed by atoms with Gasteiger partial charge in [-0.2, -0.15) is 0 Å². The molecule has 0 saturated carbocycles. The summed E-state index contributed by atoms with van der Waals surface area (Å²) in [7, 11) is 0. The second-order valence-corrected chi connectivity index (χ2v) is 16.8. The Balaban J connectivity index is 0.962. The predicted molar refractivity (Wildman–Crippen MR) is 263 cm³/mol. The summed E-state index contributed by atoms with van der Waals surface area (Å²) in [5, 5.41) is 2.59. The van der Waals surface area contributed by atoms with Crippen molar-refractivity contribution >= 4 is 31.5 Å². The second-order valence-electron chi connectivity index (χ2n) is 15.7. The van der Waals surface area contributed by atoms with E-state index in [-0.39, 0.29) is 0 Å². The predicted octanol–water partition coefficient (Wildman–Crippen LogP) is 17.4. The van der Waals surface area contributed by atoms with Crippen LogP contribution in [-0.2, 0) is 0 Å². The molecule has 0 bridgehead atoms. The van der Waals surface area contributed by atoms with Crippen LogP contribution in [0.5, 0.6) is 0 Å². The Hall–Kier alpha value is -7.58.